The lowest BCUT2D eigenvalue weighted by Gasteiger charge is -2.34. The number of fused-ring (bicyclic) bond motifs is 3. The summed E-state index contributed by atoms with van der Waals surface area (Å²) in [5.41, 5.74) is 4.69. The molecule has 1 aliphatic heterocycles. The highest BCUT2D eigenvalue weighted by molar-refractivity contribution is 5.95. The van der Waals surface area contributed by atoms with Gasteiger partial charge in [-0.1, -0.05) is 13.3 Å². The molecule has 2 aromatic heterocycles. The number of aryl methyl sites for hydroxylation is 1. The molecule has 9 nitrogen and oxygen atoms in total. The van der Waals surface area contributed by atoms with Gasteiger partial charge in [0.25, 0.3) is 0 Å². The van der Waals surface area contributed by atoms with Crippen molar-refractivity contribution in [1.29, 1.82) is 0 Å². The number of methoxy groups -OCH3 is 1. The molecule has 0 unspecified atom stereocenters. The van der Waals surface area contributed by atoms with E-state index in [9.17, 15) is 14.7 Å². The summed E-state index contributed by atoms with van der Waals surface area (Å²) in [6.07, 6.45) is 10.2. The van der Waals surface area contributed by atoms with Gasteiger partial charge in [0.15, 0.2) is 0 Å². The topological polar surface area (TPSA) is 110 Å². The molecule has 0 radical (unpaired) electrons. The van der Waals surface area contributed by atoms with Crippen molar-refractivity contribution in [1.82, 2.24) is 19.5 Å². The first kappa shape index (κ1) is 24.2. The molecule has 3 aromatic rings. The fourth-order valence-electron chi connectivity index (χ4n) is 5.99. The second-order valence-electron chi connectivity index (χ2n) is 10.2. The molecule has 1 fully saturated rings. The van der Waals surface area contributed by atoms with Gasteiger partial charge in [-0.15, -0.1) is 0 Å². The van der Waals surface area contributed by atoms with E-state index in [2.05, 4.69) is 21.5 Å². The molecule has 0 bridgehead atoms. The van der Waals surface area contributed by atoms with E-state index >= 15 is 0 Å². The van der Waals surface area contributed by atoms with Crippen LogP contribution in [0.15, 0.2) is 30.7 Å². The van der Waals surface area contributed by atoms with E-state index < -0.39 is 5.97 Å². The molecule has 5 rings (SSSR count). The highest BCUT2D eigenvalue weighted by Gasteiger charge is 2.35. The molecule has 36 heavy (non-hydrogen) atoms. The Balaban J connectivity index is 1.64. The van der Waals surface area contributed by atoms with Gasteiger partial charge >= 0.3 is 12.1 Å². The molecule has 3 heterocycles. The molecular weight excluding hydrogens is 458 g/mol. The average molecular weight is 492 g/mol. The van der Waals surface area contributed by atoms with Gasteiger partial charge in [0.05, 0.1) is 35.4 Å². The maximum atomic E-state index is 12.6. The third kappa shape index (κ3) is 4.31. The monoisotopic (exact) mass is 491 g/mol. The van der Waals surface area contributed by atoms with E-state index in [1.807, 2.05) is 19.1 Å². The van der Waals surface area contributed by atoms with Crippen LogP contribution in [0.3, 0.4) is 0 Å². The number of benzene rings is 1. The Hall–Kier alpha value is -3.49. The van der Waals surface area contributed by atoms with Gasteiger partial charge < -0.3 is 14.4 Å². The molecule has 0 saturated heterocycles. The Kier molecular flexibility index (Phi) is 6.64. The van der Waals surface area contributed by atoms with Crippen molar-refractivity contribution in [3.63, 3.8) is 0 Å². The summed E-state index contributed by atoms with van der Waals surface area (Å²) in [5, 5.41) is 9.74. The number of amides is 1. The number of carbonyl (C=O) groups is 2. The van der Waals surface area contributed by atoms with Crippen LogP contribution in [-0.4, -0.2) is 49.8 Å². The molecule has 9 heteroatoms. The van der Waals surface area contributed by atoms with Gasteiger partial charge in [0.2, 0.25) is 0 Å². The second kappa shape index (κ2) is 9.87. The number of carbonyl (C=O) groups excluding carboxylic acids is 1. The Labute approximate surface area is 210 Å². The van der Waals surface area contributed by atoms with Gasteiger partial charge in [-0.05, 0) is 51.2 Å². The summed E-state index contributed by atoms with van der Waals surface area (Å²) in [6, 6.07) is 4.13. The van der Waals surface area contributed by atoms with Crippen LogP contribution in [-0.2, 0) is 22.4 Å². The first-order chi connectivity index (χ1) is 17.4. The van der Waals surface area contributed by atoms with E-state index in [-0.39, 0.29) is 30.0 Å². The number of aliphatic carboxylic acids is 1. The maximum Gasteiger partial charge on any atom is 0.414 e. The number of nitrogens with zero attached hydrogens (tertiary/aromatic N) is 5. The SMILES string of the molecule is COC(=O)N1c2ccc3c(nc([C@@H](C)Cc4cnccn4)n3[C@@H]3CCC[C@@H](C(=O)O)C3)c2CC[C@@H]1C. The van der Waals surface area contributed by atoms with E-state index in [4.69, 9.17) is 9.72 Å². The predicted molar refractivity (Wildman–Crippen MR) is 135 cm³/mol. The van der Waals surface area contributed by atoms with Gasteiger partial charge in [0, 0.05) is 48.6 Å². The molecule has 1 amide bonds. The number of anilines is 1. The summed E-state index contributed by atoms with van der Waals surface area (Å²) >= 11 is 0. The zero-order chi connectivity index (χ0) is 25.4. The van der Waals surface area contributed by atoms with Gasteiger partial charge in [0.1, 0.15) is 5.82 Å². The lowest BCUT2D eigenvalue weighted by Crippen LogP contribution is -2.42. The number of imidazole rings is 1. The smallest absolute Gasteiger partial charge is 0.414 e. The quantitative estimate of drug-likeness (QED) is 0.541. The van der Waals surface area contributed by atoms with Crippen LogP contribution in [0.5, 0.6) is 0 Å². The second-order valence-corrected chi connectivity index (χ2v) is 10.2. The Bertz CT molecular complexity index is 1270. The lowest BCUT2D eigenvalue weighted by molar-refractivity contribution is -0.143. The van der Waals surface area contributed by atoms with Gasteiger partial charge in [-0.25, -0.2) is 9.78 Å². The Morgan fingerprint density at radius 2 is 2.06 bits per heavy atom. The van der Waals surface area contributed by atoms with Crippen LogP contribution in [0.4, 0.5) is 10.5 Å². The highest BCUT2D eigenvalue weighted by atomic mass is 16.5. The van der Waals surface area contributed by atoms with Crippen LogP contribution in [0.2, 0.25) is 0 Å². The van der Waals surface area contributed by atoms with Crippen molar-refractivity contribution < 1.29 is 19.4 Å². The molecule has 190 valence electrons. The van der Waals surface area contributed by atoms with Crippen LogP contribution in [0, 0.1) is 5.92 Å². The largest absolute Gasteiger partial charge is 0.481 e. The first-order valence-electron chi connectivity index (χ1n) is 12.8. The average Bonchev–Trinajstić information content (AvgIpc) is 3.29. The van der Waals surface area contributed by atoms with Crippen molar-refractivity contribution in [2.75, 3.05) is 12.0 Å². The van der Waals surface area contributed by atoms with E-state index in [0.717, 1.165) is 59.5 Å². The Morgan fingerprint density at radius 1 is 1.22 bits per heavy atom. The van der Waals surface area contributed by atoms with Crippen molar-refractivity contribution >= 4 is 28.8 Å². The number of hydrogen-bond donors (Lipinski definition) is 1. The van der Waals surface area contributed by atoms with Crippen molar-refractivity contribution in [3.8, 4) is 0 Å². The third-order valence-corrected chi connectivity index (χ3v) is 7.79. The van der Waals surface area contributed by atoms with E-state index in [1.54, 1.807) is 23.5 Å². The van der Waals surface area contributed by atoms with Crippen LogP contribution in [0.1, 0.15) is 75.0 Å². The molecule has 1 aliphatic carbocycles. The normalized spacial score (nSPS) is 22.8. The van der Waals surface area contributed by atoms with Crippen molar-refractivity contribution in [2.45, 2.75) is 76.8 Å². The molecule has 1 N–H and O–H groups in total. The minimum atomic E-state index is -0.724. The summed E-state index contributed by atoms with van der Waals surface area (Å²) in [4.78, 5) is 40.1. The number of hydrogen-bond acceptors (Lipinski definition) is 6. The first-order valence-corrected chi connectivity index (χ1v) is 12.8. The summed E-state index contributed by atoms with van der Waals surface area (Å²) in [5.74, 6) is -0.0893. The number of rotatable bonds is 5. The number of carboxylic acid groups (broad SMARTS) is 1. The Morgan fingerprint density at radius 3 is 2.78 bits per heavy atom. The molecule has 4 atom stereocenters. The third-order valence-electron chi connectivity index (χ3n) is 7.79. The fourth-order valence-corrected chi connectivity index (χ4v) is 5.99. The fraction of sp³-hybridized carbons (Fsp3) is 0.519. The molecule has 0 spiro atoms. The predicted octanol–water partition coefficient (Wildman–Crippen LogP) is 4.90. The summed E-state index contributed by atoms with van der Waals surface area (Å²) < 4.78 is 7.37. The minimum Gasteiger partial charge on any atom is -0.481 e. The van der Waals surface area contributed by atoms with Crippen LogP contribution < -0.4 is 4.90 Å². The molecule has 1 aromatic carbocycles. The van der Waals surface area contributed by atoms with Gasteiger partial charge in [-0.3, -0.25) is 19.7 Å². The van der Waals surface area contributed by atoms with Crippen LogP contribution >= 0.6 is 0 Å². The number of carboxylic acids is 1. The van der Waals surface area contributed by atoms with Gasteiger partial charge in [-0.2, -0.15) is 0 Å². The highest BCUT2D eigenvalue weighted by Crippen LogP contribution is 2.42. The molecular formula is C27H33N5O4. The van der Waals surface area contributed by atoms with E-state index in [1.165, 1.54) is 7.11 Å². The zero-order valence-corrected chi connectivity index (χ0v) is 21.1. The number of ether oxygens (including phenoxy) is 1. The van der Waals surface area contributed by atoms with Crippen LogP contribution in [0.25, 0.3) is 11.0 Å². The molecule has 2 aliphatic rings. The molecule has 1 saturated carbocycles. The van der Waals surface area contributed by atoms with Crippen molar-refractivity contribution in [3.05, 3.63) is 47.8 Å². The standard InChI is InChI=1S/C27H33N5O4/c1-16(13-19-15-28-11-12-29-19)25-30-24-21-8-7-17(2)31(27(35)36-3)22(21)9-10-23(24)32(25)20-6-4-5-18(14-20)26(33)34/h9-12,15-18,20H,4-8,13-14H2,1-3H3,(H,33,34)/t16-,17-,18+,20+/m0/s1. The van der Waals surface area contributed by atoms with E-state index in [0.29, 0.717) is 19.3 Å². The lowest BCUT2D eigenvalue weighted by atomic mass is 9.85. The summed E-state index contributed by atoms with van der Waals surface area (Å²) in [7, 11) is 1.41. The minimum absolute atomic E-state index is 0.0363. The van der Waals surface area contributed by atoms with Crippen molar-refractivity contribution in [2.24, 2.45) is 5.92 Å². The zero-order valence-electron chi connectivity index (χ0n) is 21.1. The number of aromatic nitrogens is 4. The maximum absolute atomic E-state index is 12.6. The summed E-state index contributed by atoms with van der Waals surface area (Å²) in [6.45, 7) is 4.17.